The molecule has 2 aromatic heterocycles. The van der Waals surface area contributed by atoms with E-state index in [1.165, 1.54) is 6.33 Å². The van der Waals surface area contributed by atoms with Crippen LogP contribution in [0.4, 0.5) is 0 Å². The molecule has 2 aromatic carbocycles. The monoisotopic (exact) mass is 358 g/mol. The minimum absolute atomic E-state index is 0.0848. The molecular formula is C21H18N4O2. The number of rotatable bonds is 5. The van der Waals surface area contributed by atoms with Crippen LogP contribution in [0.15, 0.2) is 61.1 Å². The number of hydrogen-bond donors (Lipinski definition) is 0. The summed E-state index contributed by atoms with van der Waals surface area (Å²) >= 11 is 0. The molecule has 0 atom stereocenters. The molecule has 0 saturated carbocycles. The summed E-state index contributed by atoms with van der Waals surface area (Å²) in [4.78, 5) is 21.1. The van der Waals surface area contributed by atoms with Gasteiger partial charge in [-0.25, -0.2) is 14.6 Å². The van der Waals surface area contributed by atoms with Crippen LogP contribution in [0, 0.1) is 13.8 Å². The van der Waals surface area contributed by atoms with Crippen LogP contribution < -0.4 is 4.74 Å². The third-order valence-electron chi connectivity index (χ3n) is 4.36. The molecule has 0 unspecified atom stereocenters. The molecule has 4 aromatic rings. The van der Waals surface area contributed by atoms with Crippen LogP contribution in [0.2, 0.25) is 0 Å². The fraction of sp³-hybridized carbons (Fsp3) is 0.143. The lowest BCUT2D eigenvalue weighted by atomic mass is 10.0. The van der Waals surface area contributed by atoms with Crippen molar-refractivity contribution in [3.05, 3.63) is 77.7 Å². The van der Waals surface area contributed by atoms with Crippen molar-refractivity contribution in [1.82, 2.24) is 19.7 Å². The maximum Gasteiger partial charge on any atom is 0.228 e. The Morgan fingerprint density at radius 2 is 1.89 bits per heavy atom. The van der Waals surface area contributed by atoms with E-state index in [9.17, 15) is 4.79 Å². The van der Waals surface area contributed by atoms with Gasteiger partial charge < -0.3 is 4.74 Å². The van der Waals surface area contributed by atoms with Gasteiger partial charge in [-0.05, 0) is 37.6 Å². The number of carbonyl (C=O) groups is 1. The normalized spacial score (nSPS) is 10.9. The molecule has 0 N–H and O–H groups in total. The highest BCUT2D eigenvalue weighted by Gasteiger charge is 2.15. The van der Waals surface area contributed by atoms with Crippen molar-refractivity contribution < 1.29 is 9.53 Å². The van der Waals surface area contributed by atoms with E-state index in [4.69, 9.17) is 4.74 Å². The van der Waals surface area contributed by atoms with E-state index in [2.05, 4.69) is 15.1 Å². The predicted octanol–water partition coefficient (Wildman–Crippen LogP) is 3.69. The van der Waals surface area contributed by atoms with E-state index in [1.807, 2.05) is 62.4 Å². The molecule has 0 spiro atoms. The van der Waals surface area contributed by atoms with Gasteiger partial charge >= 0.3 is 0 Å². The van der Waals surface area contributed by atoms with Crippen LogP contribution in [0.5, 0.6) is 5.88 Å². The highest BCUT2D eigenvalue weighted by Crippen LogP contribution is 2.23. The highest BCUT2D eigenvalue weighted by molar-refractivity contribution is 5.98. The first-order chi connectivity index (χ1) is 13.1. The average Bonchev–Trinajstić information content (AvgIpc) is 3.13. The summed E-state index contributed by atoms with van der Waals surface area (Å²) in [6, 6.07) is 15.5. The zero-order valence-electron chi connectivity index (χ0n) is 15.1. The molecule has 4 rings (SSSR count). The number of para-hydroxylation sites is 1. The maximum atomic E-state index is 12.6. The minimum Gasteiger partial charge on any atom is -0.469 e. The summed E-state index contributed by atoms with van der Waals surface area (Å²) in [6.45, 7) is 3.79. The molecule has 0 bridgehead atoms. The molecule has 0 fully saturated rings. The lowest BCUT2D eigenvalue weighted by Crippen LogP contribution is -2.14. The molecule has 6 nitrogen and oxygen atoms in total. The second-order valence-electron chi connectivity index (χ2n) is 6.34. The van der Waals surface area contributed by atoms with Crippen LogP contribution in [-0.4, -0.2) is 32.1 Å². The smallest absolute Gasteiger partial charge is 0.228 e. The molecule has 134 valence electrons. The number of nitrogens with zero attached hydrogens (tertiary/aromatic N) is 4. The van der Waals surface area contributed by atoms with Gasteiger partial charge in [-0.1, -0.05) is 35.9 Å². The van der Waals surface area contributed by atoms with E-state index >= 15 is 0 Å². The Kier molecular flexibility index (Phi) is 4.38. The van der Waals surface area contributed by atoms with Crippen LogP contribution in [0.1, 0.15) is 21.5 Å². The topological polar surface area (TPSA) is 69.9 Å². The third-order valence-corrected chi connectivity index (χ3v) is 4.36. The number of hydrogen-bond acceptors (Lipinski definition) is 5. The molecular weight excluding hydrogens is 340 g/mol. The minimum atomic E-state index is -0.0904. The second kappa shape index (κ2) is 6.99. The molecule has 0 saturated heterocycles. The first-order valence-electron chi connectivity index (χ1n) is 8.61. The van der Waals surface area contributed by atoms with Crippen molar-refractivity contribution in [2.45, 2.75) is 13.8 Å². The number of carbonyl (C=O) groups excluding carboxylic acids is 1. The number of Topliss-reactive ketones (excluding diaryl/α,β-unsaturated/α-hetero) is 1. The van der Waals surface area contributed by atoms with Gasteiger partial charge in [0.1, 0.15) is 11.7 Å². The van der Waals surface area contributed by atoms with Gasteiger partial charge in [0.15, 0.2) is 12.3 Å². The average molecular weight is 358 g/mol. The second-order valence-corrected chi connectivity index (χ2v) is 6.34. The van der Waals surface area contributed by atoms with Gasteiger partial charge in [0.2, 0.25) is 11.7 Å². The molecule has 0 radical (unpaired) electrons. The van der Waals surface area contributed by atoms with E-state index in [1.54, 1.807) is 10.9 Å². The predicted molar refractivity (Wildman–Crippen MR) is 102 cm³/mol. The number of aromatic nitrogens is 4. The summed E-state index contributed by atoms with van der Waals surface area (Å²) in [6.07, 6.45) is 3.07. The van der Waals surface area contributed by atoms with Crippen molar-refractivity contribution in [2.24, 2.45) is 0 Å². The summed E-state index contributed by atoms with van der Waals surface area (Å²) in [5, 5.41) is 5.05. The lowest BCUT2D eigenvalue weighted by molar-refractivity contribution is 0.0918. The summed E-state index contributed by atoms with van der Waals surface area (Å²) in [5.74, 6) is 0.263. The largest absolute Gasteiger partial charge is 0.469 e. The Hall–Kier alpha value is -3.54. The zero-order chi connectivity index (χ0) is 18.8. The van der Waals surface area contributed by atoms with E-state index in [0.717, 1.165) is 16.8 Å². The Balaban J connectivity index is 1.61. The molecule has 0 amide bonds. The van der Waals surface area contributed by atoms with E-state index < -0.39 is 0 Å². The number of ketones is 1. The van der Waals surface area contributed by atoms with Gasteiger partial charge in [-0.2, -0.15) is 5.10 Å². The highest BCUT2D eigenvalue weighted by atomic mass is 16.5. The van der Waals surface area contributed by atoms with Crippen molar-refractivity contribution in [3.8, 4) is 11.6 Å². The van der Waals surface area contributed by atoms with Crippen LogP contribution in [0.25, 0.3) is 16.7 Å². The van der Waals surface area contributed by atoms with E-state index in [0.29, 0.717) is 22.5 Å². The Labute approximate surface area is 156 Å². The first-order valence-corrected chi connectivity index (χ1v) is 8.61. The van der Waals surface area contributed by atoms with Gasteiger partial charge in [-0.3, -0.25) is 4.79 Å². The van der Waals surface area contributed by atoms with Crippen molar-refractivity contribution in [1.29, 1.82) is 0 Å². The molecule has 0 aliphatic rings. The van der Waals surface area contributed by atoms with Crippen LogP contribution in [-0.2, 0) is 0 Å². The molecule has 0 aliphatic heterocycles. The van der Waals surface area contributed by atoms with Crippen molar-refractivity contribution in [2.75, 3.05) is 6.61 Å². The van der Waals surface area contributed by atoms with Crippen molar-refractivity contribution >= 4 is 16.8 Å². The first kappa shape index (κ1) is 16.9. The van der Waals surface area contributed by atoms with Gasteiger partial charge in [-0.15, -0.1) is 0 Å². The van der Waals surface area contributed by atoms with Gasteiger partial charge in [0, 0.05) is 5.56 Å². The molecule has 2 heterocycles. The van der Waals surface area contributed by atoms with Crippen LogP contribution >= 0.6 is 0 Å². The molecule has 6 heteroatoms. The maximum absolute atomic E-state index is 12.6. The summed E-state index contributed by atoms with van der Waals surface area (Å²) in [5.41, 5.74) is 4.16. The van der Waals surface area contributed by atoms with Gasteiger partial charge in [0.05, 0.1) is 11.9 Å². The number of ether oxygens (including phenoxy) is 1. The Bertz CT molecular complexity index is 1120. The zero-order valence-corrected chi connectivity index (χ0v) is 15.1. The van der Waals surface area contributed by atoms with E-state index in [-0.39, 0.29) is 12.4 Å². The third kappa shape index (κ3) is 3.29. The number of fused-ring (bicyclic) bond motifs is 1. The standard InChI is InChI=1S/C21H18N4O2/c1-14-8-9-15(2)17(10-14)19(26)12-27-21-18-11-24-25(20(18)22-13-23-21)16-6-4-3-5-7-16/h3-11,13H,12H2,1-2H3. The Morgan fingerprint density at radius 1 is 1.07 bits per heavy atom. The fourth-order valence-corrected chi connectivity index (χ4v) is 2.94. The number of aryl methyl sites for hydroxylation is 2. The lowest BCUT2D eigenvalue weighted by Gasteiger charge is -2.08. The van der Waals surface area contributed by atoms with Crippen LogP contribution in [0.3, 0.4) is 0 Å². The SMILES string of the molecule is Cc1ccc(C)c(C(=O)COc2ncnc3c2cnn3-c2ccccc2)c1. The van der Waals surface area contributed by atoms with Crippen molar-refractivity contribution in [3.63, 3.8) is 0 Å². The molecule has 0 aliphatic carbocycles. The quantitative estimate of drug-likeness (QED) is 0.509. The summed E-state index contributed by atoms with van der Waals surface area (Å²) in [7, 11) is 0. The molecule has 27 heavy (non-hydrogen) atoms. The Morgan fingerprint density at radius 3 is 2.70 bits per heavy atom. The fourth-order valence-electron chi connectivity index (χ4n) is 2.94. The summed E-state index contributed by atoms with van der Waals surface area (Å²) < 4.78 is 7.44. The number of benzene rings is 2. The van der Waals surface area contributed by atoms with Gasteiger partial charge in [0.25, 0.3) is 0 Å².